The van der Waals surface area contributed by atoms with Gasteiger partial charge in [0.25, 0.3) is 0 Å². The lowest BCUT2D eigenvalue weighted by Crippen LogP contribution is -2.38. The van der Waals surface area contributed by atoms with Crippen LogP contribution in [0.15, 0.2) is 108 Å². The first-order chi connectivity index (χ1) is 30.7. The number of rotatable bonds is 17. The molecule has 0 spiro atoms. The van der Waals surface area contributed by atoms with Crippen molar-refractivity contribution in [2.24, 2.45) is 5.92 Å². The maximum absolute atomic E-state index is 13.1. The van der Waals surface area contributed by atoms with Gasteiger partial charge in [0.1, 0.15) is 36.2 Å². The highest BCUT2D eigenvalue weighted by Crippen LogP contribution is 2.48. The Bertz CT molecular complexity index is 2660. The average molecular weight is 890 g/mol. The van der Waals surface area contributed by atoms with Gasteiger partial charge in [-0.3, -0.25) is 9.88 Å². The van der Waals surface area contributed by atoms with Crippen molar-refractivity contribution in [1.29, 1.82) is 0 Å². The summed E-state index contributed by atoms with van der Waals surface area (Å²) in [5.74, 6) is 2.04. The van der Waals surface area contributed by atoms with Gasteiger partial charge in [-0.1, -0.05) is 61.0 Å². The molecule has 8 rings (SSSR count). The monoisotopic (exact) mass is 889 g/mol. The first-order valence-electron chi connectivity index (χ1n) is 20.7. The van der Waals surface area contributed by atoms with E-state index < -0.39 is 12.1 Å². The Kier molecular flexibility index (Phi) is 13.8. The van der Waals surface area contributed by atoms with Crippen molar-refractivity contribution in [3.05, 3.63) is 124 Å². The number of para-hydroxylation sites is 2. The van der Waals surface area contributed by atoms with E-state index in [2.05, 4.69) is 16.8 Å². The number of allylic oxidation sites excluding steroid dienone is 4. The van der Waals surface area contributed by atoms with Gasteiger partial charge in [-0.25, -0.2) is 14.8 Å². The predicted molar refractivity (Wildman–Crippen MR) is 242 cm³/mol. The second kappa shape index (κ2) is 20.0. The second-order valence-corrected chi connectivity index (χ2v) is 16.4. The Hall–Kier alpha value is -6.06. The van der Waals surface area contributed by atoms with Gasteiger partial charge in [0, 0.05) is 55.5 Å². The number of methoxy groups -OCH3 is 2. The van der Waals surface area contributed by atoms with Crippen molar-refractivity contribution in [2.75, 3.05) is 53.7 Å². The number of fused-ring (bicyclic) bond motifs is 1. The van der Waals surface area contributed by atoms with Crippen LogP contribution in [0.3, 0.4) is 0 Å². The van der Waals surface area contributed by atoms with E-state index in [1.165, 1.54) is 11.5 Å². The molecule has 13 nitrogen and oxygen atoms in total. The summed E-state index contributed by atoms with van der Waals surface area (Å²) in [5.41, 5.74) is 6.05. The van der Waals surface area contributed by atoms with Gasteiger partial charge in [-0.15, -0.1) is 0 Å². The Morgan fingerprint density at radius 2 is 1.78 bits per heavy atom. The van der Waals surface area contributed by atoms with Crippen LogP contribution in [-0.4, -0.2) is 95.1 Å². The molecule has 63 heavy (non-hydrogen) atoms. The van der Waals surface area contributed by atoms with Gasteiger partial charge < -0.3 is 33.5 Å². The number of carboxylic acids is 1. The van der Waals surface area contributed by atoms with Crippen LogP contribution >= 0.6 is 23.1 Å². The lowest BCUT2D eigenvalue weighted by Gasteiger charge is -2.30. The van der Waals surface area contributed by atoms with E-state index in [0.29, 0.717) is 63.5 Å². The molecule has 1 aliphatic carbocycles. The zero-order valence-electron chi connectivity index (χ0n) is 35.5. The van der Waals surface area contributed by atoms with Crippen LogP contribution in [0.5, 0.6) is 23.1 Å². The number of hydrogen-bond acceptors (Lipinski definition) is 13. The summed E-state index contributed by atoms with van der Waals surface area (Å²) in [6, 6.07) is 24.3. The fourth-order valence-corrected chi connectivity index (χ4v) is 8.93. The molecule has 1 fully saturated rings. The lowest BCUT2D eigenvalue weighted by molar-refractivity contribution is -0.145. The normalized spacial score (nSPS) is 16.2. The molecule has 326 valence electrons. The largest absolute Gasteiger partial charge is 0.497 e. The molecule has 0 radical (unpaired) electrons. The third-order valence-corrected chi connectivity index (χ3v) is 12.4. The van der Waals surface area contributed by atoms with E-state index in [0.717, 1.165) is 71.1 Å². The third-order valence-electron chi connectivity index (χ3n) is 11.2. The van der Waals surface area contributed by atoms with E-state index in [4.69, 9.17) is 54.4 Å². The number of ether oxygens (including phenoxy) is 6. The van der Waals surface area contributed by atoms with Crippen LogP contribution in [0, 0.1) is 5.92 Å². The van der Waals surface area contributed by atoms with Crippen molar-refractivity contribution >= 4 is 44.8 Å². The quantitative estimate of drug-likeness (QED) is 0.0930. The molecule has 0 bridgehead atoms. The molecule has 1 aliphatic heterocycles. The van der Waals surface area contributed by atoms with Crippen molar-refractivity contribution in [3.8, 4) is 45.8 Å². The summed E-state index contributed by atoms with van der Waals surface area (Å²) < 4.78 is 41.3. The smallest absolute Gasteiger partial charge is 0.345 e. The number of pyridine rings is 1. The maximum Gasteiger partial charge on any atom is 0.345 e. The highest BCUT2D eigenvalue weighted by atomic mass is 35.5. The van der Waals surface area contributed by atoms with Crippen molar-refractivity contribution in [3.63, 3.8) is 0 Å². The molecule has 2 aliphatic rings. The van der Waals surface area contributed by atoms with E-state index in [-0.39, 0.29) is 24.8 Å². The summed E-state index contributed by atoms with van der Waals surface area (Å²) in [7, 11) is 3.23. The minimum absolute atomic E-state index is 0.0115. The van der Waals surface area contributed by atoms with Gasteiger partial charge in [-0.2, -0.15) is 4.37 Å². The molecule has 1 unspecified atom stereocenters. The first kappa shape index (κ1) is 43.6. The summed E-state index contributed by atoms with van der Waals surface area (Å²) in [6.07, 6.45) is 2.67. The summed E-state index contributed by atoms with van der Waals surface area (Å²) in [6.45, 7) is 8.67. The molecule has 15 heteroatoms. The number of hydrogen-bond donors (Lipinski definition) is 1. The minimum atomic E-state index is -1.33. The Labute approximate surface area is 375 Å². The molecule has 2 atom stereocenters. The second-order valence-electron chi connectivity index (χ2n) is 15.2. The van der Waals surface area contributed by atoms with Crippen LogP contribution in [0.4, 0.5) is 0 Å². The van der Waals surface area contributed by atoms with E-state index in [1.54, 1.807) is 38.7 Å². The van der Waals surface area contributed by atoms with Crippen LogP contribution in [-0.2, 0) is 27.3 Å². The number of aliphatic carboxylic acids is 1. The summed E-state index contributed by atoms with van der Waals surface area (Å²) >= 11 is 8.42. The molecule has 4 heterocycles. The number of carboxylic acid groups (broad SMARTS) is 1. The number of morpholine rings is 1. The fourth-order valence-electron chi connectivity index (χ4n) is 7.88. The van der Waals surface area contributed by atoms with Crippen molar-refractivity contribution in [1.82, 2.24) is 24.2 Å². The number of benzene rings is 3. The zero-order chi connectivity index (χ0) is 43.9. The molecule has 3 aromatic carbocycles. The maximum atomic E-state index is 13.1. The van der Waals surface area contributed by atoms with E-state index in [9.17, 15) is 9.90 Å². The molecular weight excluding hydrogens is 842 g/mol. The van der Waals surface area contributed by atoms with Crippen LogP contribution in [0.2, 0.25) is 0 Å². The fraction of sp³-hybridized carbons (Fsp3) is 0.312. The third kappa shape index (κ3) is 9.79. The number of carbonyl (C=O) groups is 1. The van der Waals surface area contributed by atoms with Gasteiger partial charge in [-0.05, 0) is 78.0 Å². The summed E-state index contributed by atoms with van der Waals surface area (Å²) in [4.78, 5) is 29.6. The first-order valence-corrected chi connectivity index (χ1v) is 21.9. The standard InChI is InChI=1S/C48H48ClN5O8S/c1-29-24-36(30(2)43(49)45(29)60-23-20-54-18-21-59-22-19-54)41-42-40(27-51-44(41)32-11-9-12-34(25-32)57-3)63-53-47(42)62-39(48(55)56)26-31-10-5-7-14-37(31)61-28-33-16-17-50-46(52-33)35-13-6-8-15-38(35)58-4/h5-17,25,27,29,39H,18-24,26,28H2,1-4H3,(H,55,56)/t29?,39-/m1/s1. The van der Waals surface area contributed by atoms with Crippen LogP contribution in [0.1, 0.15) is 37.1 Å². The van der Waals surface area contributed by atoms with Gasteiger partial charge in [0.05, 0.1) is 59.5 Å². The topological polar surface area (TPSA) is 147 Å². The molecule has 0 amide bonds. The van der Waals surface area contributed by atoms with Gasteiger partial charge in [0.15, 0.2) is 5.82 Å². The number of nitrogens with zero attached hydrogens (tertiary/aromatic N) is 5. The van der Waals surface area contributed by atoms with Gasteiger partial charge in [0.2, 0.25) is 12.0 Å². The Balaban J connectivity index is 1.11. The highest BCUT2D eigenvalue weighted by Gasteiger charge is 2.32. The zero-order valence-corrected chi connectivity index (χ0v) is 37.1. The number of aromatic nitrogens is 4. The van der Waals surface area contributed by atoms with E-state index >= 15 is 0 Å². The highest BCUT2D eigenvalue weighted by molar-refractivity contribution is 7.13. The predicted octanol–water partition coefficient (Wildman–Crippen LogP) is 9.10. The van der Waals surface area contributed by atoms with Crippen molar-refractivity contribution < 1.29 is 38.3 Å². The van der Waals surface area contributed by atoms with Crippen LogP contribution < -0.4 is 18.9 Å². The SMILES string of the molecule is COc1cccc(-c2ncc3snc(O[C@H](Cc4ccccc4OCc4ccnc(-c5ccccc5OC)n4)C(=O)O)c3c2C2=C(C)C(Cl)=C(OCCN3CCOCC3)C(C)C2)c1. The average Bonchev–Trinajstić information content (AvgIpc) is 3.73. The lowest BCUT2D eigenvalue weighted by atomic mass is 9.83. The number of halogens is 1. The van der Waals surface area contributed by atoms with Crippen molar-refractivity contribution in [2.45, 2.75) is 39.4 Å². The molecule has 6 aromatic rings. The van der Waals surface area contributed by atoms with Crippen LogP contribution in [0.25, 0.3) is 38.3 Å². The summed E-state index contributed by atoms with van der Waals surface area (Å²) in [5, 5.41) is 11.9. The minimum Gasteiger partial charge on any atom is -0.497 e. The van der Waals surface area contributed by atoms with E-state index in [1.807, 2.05) is 73.7 Å². The molecule has 1 N–H and O–H groups in total. The molecular formula is C48H48ClN5O8S. The molecule has 1 saturated heterocycles. The molecule has 3 aromatic heterocycles. The Morgan fingerprint density at radius 3 is 2.57 bits per heavy atom. The Morgan fingerprint density at radius 1 is 0.984 bits per heavy atom. The molecule has 0 saturated carbocycles. The van der Waals surface area contributed by atoms with Gasteiger partial charge >= 0.3 is 5.97 Å².